The molecule has 6 atom stereocenters. The third-order valence-corrected chi connectivity index (χ3v) is 10.3. The maximum atomic E-state index is 13.1. The lowest BCUT2D eigenvalue weighted by Gasteiger charge is -2.43. The van der Waals surface area contributed by atoms with Crippen LogP contribution in [0.4, 0.5) is 5.69 Å². The van der Waals surface area contributed by atoms with Crippen LogP contribution in [0.3, 0.4) is 0 Å². The molecule has 7 heteroatoms. The zero-order valence-corrected chi connectivity index (χ0v) is 26.0. The number of likely N-dealkylation sites (tertiary alicyclic amines) is 1. The Kier molecular flexibility index (Phi) is 7.28. The molecule has 230 valence electrons. The summed E-state index contributed by atoms with van der Waals surface area (Å²) in [6.45, 7) is 11.4. The number of aliphatic hydroxyl groups excluding tert-OH is 1. The van der Waals surface area contributed by atoms with Crippen LogP contribution in [0.5, 0.6) is 0 Å². The maximum Gasteiger partial charge on any atom is 0.266 e. The highest BCUT2D eigenvalue weighted by Gasteiger charge is 2.51. The SMILES string of the molecule is C[C@H]1[C@@H](CN2CC3(C)CC2CC(C)(C)C3)O[C@@H](c2ccc(N3C(=O)c4ccccc4C3=O)cc2)O[C@H]1c1ccc(CO)cc1. The molecule has 3 heterocycles. The molecule has 3 aliphatic heterocycles. The highest BCUT2D eigenvalue weighted by Crippen LogP contribution is 2.53. The van der Waals surface area contributed by atoms with Gasteiger partial charge in [-0.2, -0.15) is 0 Å². The van der Waals surface area contributed by atoms with Gasteiger partial charge in [0.1, 0.15) is 0 Å². The van der Waals surface area contributed by atoms with Crippen molar-refractivity contribution in [2.45, 2.75) is 78.1 Å². The van der Waals surface area contributed by atoms with Crippen molar-refractivity contribution in [3.63, 3.8) is 0 Å². The maximum absolute atomic E-state index is 13.1. The number of rotatable bonds is 6. The van der Waals surface area contributed by atoms with Crippen molar-refractivity contribution in [3.05, 3.63) is 101 Å². The van der Waals surface area contributed by atoms with E-state index in [1.54, 1.807) is 36.4 Å². The van der Waals surface area contributed by atoms with Crippen molar-refractivity contribution >= 4 is 17.5 Å². The van der Waals surface area contributed by atoms with Crippen LogP contribution in [0.25, 0.3) is 0 Å². The molecule has 7 rings (SSSR count). The summed E-state index contributed by atoms with van der Waals surface area (Å²) < 4.78 is 13.5. The van der Waals surface area contributed by atoms with Crippen molar-refractivity contribution < 1.29 is 24.2 Å². The van der Waals surface area contributed by atoms with E-state index < -0.39 is 6.29 Å². The van der Waals surface area contributed by atoms with Crippen molar-refractivity contribution in [2.75, 3.05) is 18.0 Å². The minimum Gasteiger partial charge on any atom is -0.392 e. The van der Waals surface area contributed by atoms with Crippen LogP contribution in [0.1, 0.15) is 96.8 Å². The van der Waals surface area contributed by atoms with E-state index in [4.69, 9.17) is 9.47 Å². The molecule has 1 aliphatic carbocycles. The third kappa shape index (κ3) is 5.20. The molecule has 7 nitrogen and oxygen atoms in total. The van der Waals surface area contributed by atoms with Crippen molar-refractivity contribution in [2.24, 2.45) is 16.7 Å². The lowest BCUT2D eigenvalue weighted by Crippen LogP contribution is -2.46. The Morgan fingerprint density at radius 3 is 2.11 bits per heavy atom. The van der Waals surface area contributed by atoms with E-state index in [2.05, 4.69) is 32.6 Å². The van der Waals surface area contributed by atoms with Crippen molar-refractivity contribution in [1.82, 2.24) is 4.90 Å². The zero-order chi connectivity index (χ0) is 30.8. The number of hydrogen-bond donors (Lipinski definition) is 1. The van der Waals surface area contributed by atoms with Gasteiger partial charge < -0.3 is 14.6 Å². The average molecular weight is 595 g/mol. The van der Waals surface area contributed by atoms with Crippen LogP contribution in [-0.4, -0.2) is 47.1 Å². The van der Waals surface area contributed by atoms with E-state index in [0.717, 1.165) is 29.8 Å². The fourth-order valence-electron chi connectivity index (χ4n) is 8.55. The molecule has 0 spiro atoms. The Morgan fingerprint density at radius 2 is 1.48 bits per heavy atom. The minimum atomic E-state index is -0.607. The number of aliphatic hydroxyl groups is 1. The molecule has 3 aromatic carbocycles. The Hall–Kier alpha value is -3.36. The van der Waals surface area contributed by atoms with E-state index in [-0.39, 0.29) is 36.5 Å². The first-order chi connectivity index (χ1) is 21.0. The van der Waals surface area contributed by atoms with Gasteiger partial charge in [-0.3, -0.25) is 14.5 Å². The molecule has 2 saturated heterocycles. The number of fused-ring (bicyclic) bond motifs is 3. The molecule has 2 bridgehead atoms. The number of benzene rings is 3. The summed E-state index contributed by atoms with van der Waals surface area (Å²) in [5, 5.41) is 9.60. The highest BCUT2D eigenvalue weighted by molar-refractivity contribution is 6.34. The van der Waals surface area contributed by atoms with Gasteiger partial charge in [0.15, 0.2) is 6.29 Å². The van der Waals surface area contributed by atoms with Gasteiger partial charge in [-0.15, -0.1) is 0 Å². The van der Waals surface area contributed by atoms with Crippen LogP contribution in [0.2, 0.25) is 0 Å². The van der Waals surface area contributed by atoms with Gasteiger partial charge >= 0.3 is 0 Å². The van der Waals surface area contributed by atoms with Crippen LogP contribution in [-0.2, 0) is 16.1 Å². The van der Waals surface area contributed by atoms with Gasteiger partial charge in [0.25, 0.3) is 11.8 Å². The Balaban J connectivity index is 1.15. The number of imide groups is 1. The van der Waals surface area contributed by atoms with E-state index in [0.29, 0.717) is 33.7 Å². The number of ether oxygens (including phenoxy) is 2. The molecular weight excluding hydrogens is 552 g/mol. The molecule has 0 radical (unpaired) electrons. The molecule has 1 N–H and O–H groups in total. The van der Waals surface area contributed by atoms with Gasteiger partial charge in [0.2, 0.25) is 0 Å². The van der Waals surface area contributed by atoms with E-state index >= 15 is 0 Å². The number of carbonyl (C=O) groups excluding carboxylic acids is 2. The van der Waals surface area contributed by atoms with Gasteiger partial charge in [-0.1, -0.05) is 76.2 Å². The first kappa shape index (κ1) is 29.4. The number of carbonyl (C=O) groups is 2. The van der Waals surface area contributed by atoms with E-state index in [1.807, 2.05) is 36.4 Å². The highest BCUT2D eigenvalue weighted by atomic mass is 16.7. The number of hydrogen-bond acceptors (Lipinski definition) is 6. The summed E-state index contributed by atoms with van der Waals surface area (Å²) in [7, 11) is 0. The topological polar surface area (TPSA) is 79.3 Å². The summed E-state index contributed by atoms with van der Waals surface area (Å²) in [6.07, 6.45) is 2.83. The molecule has 4 aliphatic rings. The fraction of sp³-hybridized carbons (Fsp3) is 0.459. The number of nitrogens with zero attached hydrogens (tertiary/aromatic N) is 2. The Morgan fingerprint density at radius 1 is 0.841 bits per heavy atom. The van der Waals surface area contributed by atoms with Crippen LogP contribution in [0, 0.1) is 16.7 Å². The zero-order valence-electron chi connectivity index (χ0n) is 26.0. The molecule has 1 saturated carbocycles. The second kappa shape index (κ2) is 10.9. The third-order valence-electron chi connectivity index (χ3n) is 10.3. The van der Waals surface area contributed by atoms with E-state index in [9.17, 15) is 14.7 Å². The summed E-state index contributed by atoms with van der Waals surface area (Å²) in [4.78, 5) is 30.0. The summed E-state index contributed by atoms with van der Waals surface area (Å²) in [5.41, 5.74) is 4.82. The van der Waals surface area contributed by atoms with Gasteiger partial charge in [-0.25, -0.2) is 4.90 Å². The first-order valence-corrected chi connectivity index (χ1v) is 15.9. The summed E-state index contributed by atoms with van der Waals surface area (Å²) in [5.74, 6) is -0.516. The van der Waals surface area contributed by atoms with Crippen LogP contribution in [0.15, 0.2) is 72.8 Å². The lowest BCUT2D eigenvalue weighted by atomic mass is 9.65. The van der Waals surface area contributed by atoms with Crippen molar-refractivity contribution in [1.29, 1.82) is 0 Å². The Bertz CT molecular complexity index is 1530. The normalized spacial score (nSPS) is 31.4. The predicted octanol–water partition coefficient (Wildman–Crippen LogP) is 6.67. The smallest absolute Gasteiger partial charge is 0.266 e. The number of amides is 2. The van der Waals surface area contributed by atoms with Gasteiger partial charge in [0, 0.05) is 30.6 Å². The van der Waals surface area contributed by atoms with E-state index in [1.165, 1.54) is 24.2 Å². The second-order valence-electron chi connectivity index (χ2n) is 14.5. The fourth-order valence-corrected chi connectivity index (χ4v) is 8.55. The summed E-state index contributed by atoms with van der Waals surface area (Å²) >= 11 is 0. The molecule has 2 amide bonds. The molecular formula is C37H42N2O5. The second-order valence-corrected chi connectivity index (χ2v) is 14.5. The molecule has 3 fully saturated rings. The monoisotopic (exact) mass is 594 g/mol. The predicted molar refractivity (Wildman–Crippen MR) is 168 cm³/mol. The quantitative estimate of drug-likeness (QED) is 0.321. The number of anilines is 1. The standard InChI is InChI=1S/C37H42N2O5/c1-23-31(19-38-22-37(4)18-28(38)17-36(2,3)21-37)43-35(44-32(23)25-11-9-24(20-40)10-12-25)26-13-15-27(16-14-26)39-33(41)29-7-5-6-8-30(29)34(39)42/h5-16,23,28,31-32,35,40H,17-22H2,1-4H3/t23-,28?,31+,32+,35+,37?/m0/s1. The molecule has 44 heavy (non-hydrogen) atoms. The lowest BCUT2D eigenvalue weighted by molar-refractivity contribution is -0.276. The molecule has 3 aromatic rings. The Labute approximate surface area is 259 Å². The van der Waals surface area contributed by atoms with Gasteiger partial charge in [-0.05, 0) is 65.5 Å². The molecule has 2 unspecified atom stereocenters. The minimum absolute atomic E-state index is 0.000631. The van der Waals surface area contributed by atoms with Gasteiger partial charge in [0.05, 0.1) is 35.6 Å². The van der Waals surface area contributed by atoms with Crippen LogP contribution < -0.4 is 4.90 Å². The largest absolute Gasteiger partial charge is 0.392 e. The average Bonchev–Trinajstić information content (AvgIpc) is 3.40. The van der Waals surface area contributed by atoms with Crippen LogP contribution >= 0.6 is 0 Å². The van der Waals surface area contributed by atoms with Crippen molar-refractivity contribution in [3.8, 4) is 0 Å². The first-order valence-electron chi connectivity index (χ1n) is 15.9. The molecule has 0 aromatic heterocycles. The summed E-state index contributed by atoms with van der Waals surface area (Å²) in [6, 6.07) is 22.9.